The maximum atomic E-state index is 2.47. The molecule has 0 saturated carbocycles. The lowest BCUT2D eigenvalue weighted by molar-refractivity contribution is 0.372. The van der Waals surface area contributed by atoms with Crippen molar-refractivity contribution < 1.29 is 0 Å². The molecule has 0 spiro atoms. The fraction of sp³-hybridized carbons (Fsp3) is 1.00. The van der Waals surface area contributed by atoms with E-state index < -0.39 is 0 Å². The molecule has 0 amide bonds. The van der Waals surface area contributed by atoms with Gasteiger partial charge >= 0.3 is 0 Å². The van der Waals surface area contributed by atoms with Crippen LogP contribution in [0.4, 0.5) is 0 Å². The van der Waals surface area contributed by atoms with E-state index in [4.69, 9.17) is 0 Å². The molecule has 0 heterocycles. The Morgan fingerprint density at radius 2 is 1.00 bits per heavy atom. The lowest BCUT2D eigenvalue weighted by atomic mass is 9.90. The largest absolute Gasteiger partial charge is 0.0654 e. The molecule has 0 aliphatic rings. The van der Waals surface area contributed by atoms with Crippen molar-refractivity contribution in [2.24, 2.45) is 17.8 Å². The second kappa shape index (κ2) is 14.0. The molecule has 0 rings (SSSR count). The summed E-state index contributed by atoms with van der Waals surface area (Å²) in [5, 5.41) is 0. The molecule has 0 saturated heterocycles. The van der Waals surface area contributed by atoms with E-state index in [1.807, 2.05) is 0 Å². The van der Waals surface area contributed by atoms with Crippen LogP contribution in [0.25, 0.3) is 0 Å². The van der Waals surface area contributed by atoms with Crippen LogP contribution in [0.3, 0.4) is 0 Å². The lowest BCUT2D eigenvalue weighted by Gasteiger charge is -2.16. The van der Waals surface area contributed by atoms with Crippen molar-refractivity contribution in [2.75, 3.05) is 0 Å². The van der Waals surface area contributed by atoms with E-state index >= 15 is 0 Å². The number of hydrogen-bond donors (Lipinski definition) is 0. The molecular formula is C20H42. The normalized spacial score (nSPS) is 14.7. The molecule has 0 aliphatic carbocycles. The lowest BCUT2D eigenvalue weighted by Crippen LogP contribution is -2.01. The molecule has 0 heteroatoms. The highest BCUT2D eigenvalue weighted by Crippen LogP contribution is 2.22. The predicted octanol–water partition coefficient (Wildman–Crippen LogP) is 7.62. The van der Waals surface area contributed by atoms with Crippen LogP contribution >= 0.6 is 0 Å². The van der Waals surface area contributed by atoms with Crippen molar-refractivity contribution in [2.45, 2.75) is 112 Å². The fourth-order valence-electron chi connectivity index (χ4n) is 3.01. The van der Waals surface area contributed by atoms with Crippen molar-refractivity contribution in [1.29, 1.82) is 0 Å². The highest BCUT2D eigenvalue weighted by atomic mass is 14.1. The van der Waals surface area contributed by atoms with Crippen LogP contribution in [0.1, 0.15) is 112 Å². The van der Waals surface area contributed by atoms with Crippen molar-refractivity contribution in [3.63, 3.8) is 0 Å². The molecule has 0 aromatic heterocycles. The third-order valence-corrected chi connectivity index (χ3v) is 4.68. The van der Waals surface area contributed by atoms with Crippen LogP contribution in [0.2, 0.25) is 0 Å². The minimum absolute atomic E-state index is 0.883. The Morgan fingerprint density at radius 1 is 0.500 bits per heavy atom. The number of unbranched alkanes of at least 4 members (excludes halogenated alkanes) is 5. The van der Waals surface area contributed by atoms with E-state index in [0.717, 1.165) is 17.8 Å². The first kappa shape index (κ1) is 20.0. The molecule has 0 fully saturated rings. The fourth-order valence-corrected chi connectivity index (χ4v) is 3.01. The molecule has 0 aromatic carbocycles. The van der Waals surface area contributed by atoms with Crippen molar-refractivity contribution in [3.8, 4) is 0 Å². The summed E-state index contributed by atoms with van der Waals surface area (Å²) in [6.45, 7) is 11.9. The van der Waals surface area contributed by atoms with Crippen LogP contribution in [0, 0.1) is 17.8 Å². The Hall–Kier alpha value is 0. The molecule has 0 N–H and O–H groups in total. The topological polar surface area (TPSA) is 0 Å². The maximum Gasteiger partial charge on any atom is -0.0443 e. The SMILES string of the molecule is CCCCCCCCC(C)CCC(C)CCCC(C)C. The molecule has 0 aromatic rings. The molecule has 122 valence electrons. The van der Waals surface area contributed by atoms with Crippen LogP contribution in [0.15, 0.2) is 0 Å². The zero-order valence-corrected chi connectivity index (χ0v) is 15.2. The standard InChI is InChI=1S/C20H42/c1-6-7-8-9-10-11-14-19(4)16-17-20(5)15-12-13-18(2)3/h18-20H,6-17H2,1-5H3. The van der Waals surface area contributed by atoms with Gasteiger partial charge in [0.05, 0.1) is 0 Å². The molecule has 0 aliphatic heterocycles. The molecule has 2 unspecified atom stereocenters. The first-order chi connectivity index (χ1) is 9.56. The van der Waals surface area contributed by atoms with Crippen molar-refractivity contribution in [3.05, 3.63) is 0 Å². The minimum Gasteiger partial charge on any atom is -0.0654 e. The first-order valence-electron chi connectivity index (χ1n) is 9.56. The zero-order valence-electron chi connectivity index (χ0n) is 15.2. The number of hydrogen-bond acceptors (Lipinski definition) is 0. The summed E-state index contributed by atoms with van der Waals surface area (Å²) in [6, 6.07) is 0. The van der Waals surface area contributed by atoms with Gasteiger partial charge in [0, 0.05) is 0 Å². The Labute approximate surface area is 130 Å². The number of rotatable bonds is 14. The Bertz CT molecular complexity index is 182. The zero-order chi connectivity index (χ0) is 15.2. The minimum atomic E-state index is 0.883. The van der Waals surface area contributed by atoms with E-state index in [0.29, 0.717) is 0 Å². The van der Waals surface area contributed by atoms with Gasteiger partial charge in [-0.2, -0.15) is 0 Å². The third-order valence-electron chi connectivity index (χ3n) is 4.68. The second-order valence-corrected chi connectivity index (χ2v) is 7.67. The van der Waals surface area contributed by atoms with E-state index in [1.165, 1.54) is 77.0 Å². The van der Waals surface area contributed by atoms with E-state index in [1.54, 1.807) is 0 Å². The Balaban J connectivity index is 3.36. The highest BCUT2D eigenvalue weighted by molar-refractivity contribution is 4.60. The molecule has 2 atom stereocenters. The van der Waals surface area contributed by atoms with Gasteiger partial charge in [-0.3, -0.25) is 0 Å². The summed E-state index contributed by atoms with van der Waals surface area (Å²) in [7, 11) is 0. The maximum absolute atomic E-state index is 2.47. The smallest absolute Gasteiger partial charge is 0.0443 e. The van der Waals surface area contributed by atoms with Crippen LogP contribution in [-0.4, -0.2) is 0 Å². The highest BCUT2D eigenvalue weighted by Gasteiger charge is 2.07. The monoisotopic (exact) mass is 282 g/mol. The van der Waals surface area contributed by atoms with Gasteiger partial charge in [0.1, 0.15) is 0 Å². The van der Waals surface area contributed by atoms with Gasteiger partial charge in [0.15, 0.2) is 0 Å². The average Bonchev–Trinajstić information content (AvgIpc) is 2.40. The van der Waals surface area contributed by atoms with E-state index in [2.05, 4.69) is 34.6 Å². The van der Waals surface area contributed by atoms with E-state index in [9.17, 15) is 0 Å². The molecule has 0 nitrogen and oxygen atoms in total. The quantitative estimate of drug-likeness (QED) is 0.287. The summed E-state index contributed by atoms with van der Waals surface area (Å²) in [5.41, 5.74) is 0. The van der Waals surface area contributed by atoms with Gasteiger partial charge in [-0.05, 0) is 17.8 Å². The van der Waals surface area contributed by atoms with Gasteiger partial charge in [0.25, 0.3) is 0 Å². The second-order valence-electron chi connectivity index (χ2n) is 7.67. The van der Waals surface area contributed by atoms with Gasteiger partial charge < -0.3 is 0 Å². The van der Waals surface area contributed by atoms with Crippen LogP contribution in [-0.2, 0) is 0 Å². The summed E-state index contributed by atoms with van der Waals surface area (Å²) in [5.74, 6) is 2.78. The molecule has 20 heavy (non-hydrogen) atoms. The van der Waals surface area contributed by atoms with Gasteiger partial charge in [-0.25, -0.2) is 0 Å². The molecular weight excluding hydrogens is 240 g/mol. The van der Waals surface area contributed by atoms with Crippen molar-refractivity contribution in [1.82, 2.24) is 0 Å². The Morgan fingerprint density at radius 3 is 1.55 bits per heavy atom. The Kier molecular flexibility index (Phi) is 14.0. The van der Waals surface area contributed by atoms with Gasteiger partial charge in [-0.1, -0.05) is 112 Å². The molecule has 0 bridgehead atoms. The average molecular weight is 283 g/mol. The summed E-state index contributed by atoms with van der Waals surface area (Å²) >= 11 is 0. The van der Waals surface area contributed by atoms with Gasteiger partial charge in [0.2, 0.25) is 0 Å². The van der Waals surface area contributed by atoms with Crippen molar-refractivity contribution >= 4 is 0 Å². The third kappa shape index (κ3) is 14.4. The van der Waals surface area contributed by atoms with Gasteiger partial charge in [-0.15, -0.1) is 0 Å². The summed E-state index contributed by atoms with van der Waals surface area (Å²) < 4.78 is 0. The van der Waals surface area contributed by atoms with E-state index in [-0.39, 0.29) is 0 Å². The van der Waals surface area contributed by atoms with Crippen LogP contribution in [0.5, 0.6) is 0 Å². The summed E-state index contributed by atoms with van der Waals surface area (Å²) in [6.07, 6.45) is 17.3. The predicted molar refractivity (Wildman–Crippen MR) is 94.2 cm³/mol. The first-order valence-corrected chi connectivity index (χ1v) is 9.56. The molecule has 0 radical (unpaired) electrons. The summed E-state index contributed by atoms with van der Waals surface area (Å²) in [4.78, 5) is 0. The van der Waals surface area contributed by atoms with Crippen LogP contribution < -0.4 is 0 Å².